The van der Waals surface area contributed by atoms with E-state index in [-0.39, 0.29) is 11.6 Å². The number of likely N-dealkylation sites (tertiary alicyclic amines) is 1. The highest BCUT2D eigenvalue weighted by atomic mass is 35.5. The van der Waals surface area contributed by atoms with Gasteiger partial charge in [0.2, 0.25) is 0 Å². The van der Waals surface area contributed by atoms with Gasteiger partial charge in [-0.2, -0.15) is 0 Å². The highest BCUT2D eigenvalue weighted by molar-refractivity contribution is 6.33. The normalized spacial score (nSPS) is 18.7. The zero-order valence-corrected chi connectivity index (χ0v) is 11.8. The van der Waals surface area contributed by atoms with E-state index in [0.29, 0.717) is 16.8 Å². The second-order valence-electron chi connectivity index (χ2n) is 4.87. The molecule has 1 unspecified atom stereocenters. The lowest BCUT2D eigenvalue weighted by molar-refractivity contribution is 0.0781. The van der Waals surface area contributed by atoms with Crippen LogP contribution in [0.1, 0.15) is 36.7 Å². The van der Waals surface area contributed by atoms with E-state index in [2.05, 4.69) is 17.3 Å². The summed E-state index contributed by atoms with van der Waals surface area (Å²) in [5.74, 6) is 6.24. The highest BCUT2D eigenvalue weighted by Gasteiger charge is 2.28. The number of anilines is 1. The number of carbonyl (C=O) groups is 1. The molecule has 1 amide bonds. The van der Waals surface area contributed by atoms with E-state index in [1.54, 1.807) is 12.1 Å². The SMILES string of the molecule is CCCC1CCN(C(=O)c2nc(NN)ccc2Cl)C1. The van der Waals surface area contributed by atoms with Crippen LogP contribution in [0.3, 0.4) is 0 Å². The molecule has 19 heavy (non-hydrogen) atoms. The Morgan fingerprint density at radius 2 is 2.42 bits per heavy atom. The van der Waals surface area contributed by atoms with Crippen molar-refractivity contribution in [2.24, 2.45) is 11.8 Å². The van der Waals surface area contributed by atoms with Crippen LogP contribution in [-0.2, 0) is 0 Å². The van der Waals surface area contributed by atoms with Crippen LogP contribution in [-0.4, -0.2) is 28.9 Å². The first-order valence-corrected chi connectivity index (χ1v) is 6.96. The van der Waals surface area contributed by atoms with Crippen LogP contribution in [0.2, 0.25) is 5.02 Å². The summed E-state index contributed by atoms with van der Waals surface area (Å²) in [5.41, 5.74) is 2.70. The maximum Gasteiger partial charge on any atom is 0.274 e. The predicted molar refractivity (Wildman–Crippen MR) is 76.0 cm³/mol. The summed E-state index contributed by atoms with van der Waals surface area (Å²) < 4.78 is 0. The zero-order chi connectivity index (χ0) is 13.8. The average molecular weight is 283 g/mol. The van der Waals surface area contributed by atoms with E-state index >= 15 is 0 Å². The monoisotopic (exact) mass is 282 g/mol. The van der Waals surface area contributed by atoms with Gasteiger partial charge in [0, 0.05) is 13.1 Å². The molecule has 0 aliphatic carbocycles. The van der Waals surface area contributed by atoms with E-state index in [1.807, 2.05) is 4.90 Å². The van der Waals surface area contributed by atoms with Gasteiger partial charge in [-0.15, -0.1) is 0 Å². The molecule has 1 aromatic rings. The number of nitrogens with one attached hydrogen (secondary N) is 1. The Morgan fingerprint density at radius 3 is 3.11 bits per heavy atom. The van der Waals surface area contributed by atoms with Crippen molar-refractivity contribution in [3.8, 4) is 0 Å². The van der Waals surface area contributed by atoms with E-state index in [9.17, 15) is 4.79 Å². The predicted octanol–water partition coefficient (Wildman–Crippen LogP) is 2.28. The van der Waals surface area contributed by atoms with Gasteiger partial charge in [0.25, 0.3) is 5.91 Å². The van der Waals surface area contributed by atoms with Gasteiger partial charge in [-0.1, -0.05) is 24.9 Å². The van der Waals surface area contributed by atoms with Crippen molar-refractivity contribution in [1.82, 2.24) is 9.88 Å². The molecule has 1 aromatic heterocycles. The molecule has 104 valence electrons. The van der Waals surface area contributed by atoms with Crippen LogP contribution >= 0.6 is 11.6 Å². The van der Waals surface area contributed by atoms with Gasteiger partial charge in [0.1, 0.15) is 11.5 Å². The van der Waals surface area contributed by atoms with Gasteiger partial charge in [0.05, 0.1) is 5.02 Å². The molecule has 3 N–H and O–H groups in total. The summed E-state index contributed by atoms with van der Waals surface area (Å²) in [6.45, 7) is 3.74. The van der Waals surface area contributed by atoms with Crippen LogP contribution in [0.15, 0.2) is 12.1 Å². The number of hydrogen-bond donors (Lipinski definition) is 2. The van der Waals surface area contributed by atoms with E-state index < -0.39 is 0 Å². The number of halogens is 1. The molecule has 2 rings (SSSR count). The number of nitrogens with two attached hydrogens (primary N) is 1. The van der Waals surface area contributed by atoms with Gasteiger partial charge in [0.15, 0.2) is 0 Å². The van der Waals surface area contributed by atoms with E-state index in [1.165, 1.54) is 0 Å². The molecule has 0 bridgehead atoms. The fourth-order valence-electron chi connectivity index (χ4n) is 2.48. The largest absolute Gasteiger partial charge is 0.337 e. The summed E-state index contributed by atoms with van der Waals surface area (Å²) in [4.78, 5) is 18.4. The Bertz CT molecular complexity index is 466. The number of rotatable bonds is 4. The molecular weight excluding hydrogens is 264 g/mol. The standard InChI is InChI=1S/C13H19ClN4O/c1-2-3-9-6-7-18(8-9)13(19)12-10(14)4-5-11(16-12)17-15/h4-5,9H,2-3,6-8,15H2,1H3,(H,16,17). The third kappa shape index (κ3) is 3.16. The Hall–Kier alpha value is -1.33. The number of nitrogen functional groups attached to an aromatic ring is 1. The number of aromatic nitrogens is 1. The maximum atomic E-state index is 12.4. The number of carbonyl (C=O) groups excluding carboxylic acids is 1. The molecule has 6 heteroatoms. The van der Waals surface area contributed by atoms with Crippen molar-refractivity contribution in [2.45, 2.75) is 26.2 Å². The second kappa shape index (κ2) is 6.21. The third-order valence-corrected chi connectivity index (χ3v) is 3.77. The second-order valence-corrected chi connectivity index (χ2v) is 5.27. The summed E-state index contributed by atoms with van der Waals surface area (Å²) in [7, 11) is 0. The first-order valence-electron chi connectivity index (χ1n) is 6.58. The number of nitrogens with zero attached hydrogens (tertiary/aromatic N) is 2. The summed E-state index contributed by atoms with van der Waals surface area (Å²) in [6, 6.07) is 3.28. The van der Waals surface area contributed by atoms with Crippen LogP contribution in [0.4, 0.5) is 5.82 Å². The molecule has 1 aliphatic rings. The number of hydrazine groups is 1. The van der Waals surface area contributed by atoms with Crippen molar-refractivity contribution >= 4 is 23.3 Å². The first kappa shape index (κ1) is 14.1. The Kier molecular flexibility index (Phi) is 4.61. The number of hydrogen-bond acceptors (Lipinski definition) is 4. The lowest BCUT2D eigenvalue weighted by atomic mass is 10.0. The summed E-state index contributed by atoms with van der Waals surface area (Å²) in [5, 5.41) is 0.364. The molecule has 0 radical (unpaired) electrons. The molecule has 0 saturated carbocycles. The molecule has 0 spiro atoms. The minimum atomic E-state index is -0.110. The zero-order valence-electron chi connectivity index (χ0n) is 11.0. The van der Waals surface area contributed by atoms with Crippen molar-refractivity contribution in [3.63, 3.8) is 0 Å². The van der Waals surface area contributed by atoms with Crippen molar-refractivity contribution < 1.29 is 4.79 Å². The maximum absolute atomic E-state index is 12.4. The number of amides is 1. The average Bonchev–Trinajstić information content (AvgIpc) is 2.88. The summed E-state index contributed by atoms with van der Waals surface area (Å²) in [6.07, 6.45) is 3.37. The van der Waals surface area contributed by atoms with Crippen molar-refractivity contribution in [2.75, 3.05) is 18.5 Å². The molecule has 1 aliphatic heterocycles. The lowest BCUT2D eigenvalue weighted by Gasteiger charge is -2.17. The smallest absolute Gasteiger partial charge is 0.274 e. The molecule has 1 fully saturated rings. The molecular formula is C13H19ClN4O. The van der Waals surface area contributed by atoms with Gasteiger partial charge in [-0.05, 0) is 30.9 Å². The molecule has 1 saturated heterocycles. The molecule has 5 nitrogen and oxygen atoms in total. The highest BCUT2D eigenvalue weighted by Crippen LogP contribution is 2.24. The topological polar surface area (TPSA) is 71.2 Å². The molecule has 2 heterocycles. The van der Waals surface area contributed by atoms with Gasteiger partial charge in [-0.25, -0.2) is 10.8 Å². The Morgan fingerprint density at radius 1 is 1.63 bits per heavy atom. The number of pyridine rings is 1. The van der Waals surface area contributed by atoms with Crippen molar-refractivity contribution in [3.05, 3.63) is 22.8 Å². The van der Waals surface area contributed by atoms with Crippen molar-refractivity contribution in [1.29, 1.82) is 0 Å². The Balaban J connectivity index is 2.12. The van der Waals surface area contributed by atoms with Gasteiger partial charge < -0.3 is 10.3 Å². The van der Waals surface area contributed by atoms with E-state index in [0.717, 1.165) is 32.4 Å². The summed E-state index contributed by atoms with van der Waals surface area (Å²) >= 11 is 6.05. The van der Waals surface area contributed by atoms with Gasteiger partial charge in [-0.3, -0.25) is 4.79 Å². The van der Waals surface area contributed by atoms with Crippen LogP contribution in [0.25, 0.3) is 0 Å². The van der Waals surface area contributed by atoms with E-state index in [4.69, 9.17) is 17.4 Å². The quantitative estimate of drug-likeness (QED) is 0.656. The lowest BCUT2D eigenvalue weighted by Crippen LogP contribution is -2.30. The third-order valence-electron chi connectivity index (χ3n) is 3.47. The molecule has 0 aromatic carbocycles. The first-order chi connectivity index (χ1) is 9.15. The van der Waals surface area contributed by atoms with Crippen LogP contribution in [0, 0.1) is 5.92 Å². The fourth-order valence-corrected chi connectivity index (χ4v) is 2.67. The minimum absolute atomic E-state index is 0.110. The minimum Gasteiger partial charge on any atom is -0.337 e. The fraction of sp³-hybridized carbons (Fsp3) is 0.538. The van der Waals surface area contributed by atoms with Crippen LogP contribution in [0.5, 0.6) is 0 Å². The van der Waals surface area contributed by atoms with Crippen LogP contribution < -0.4 is 11.3 Å². The Labute approximate surface area is 118 Å². The van der Waals surface area contributed by atoms with Gasteiger partial charge >= 0.3 is 0 Å². The molecule has 1 atom stereocenters.